The fraction of sp³-hybridized carbons (Fsp3) is 0.611. The van der Waals surface area contributed by atoms with Gasteiger partial charge in [0.1, 0.15) is 0 Å². The molecule has 0 N–H and O–H groups in total. The van der Waals surface area contributed by atoms with Crippen molar-refractivity contribution >= 4 is 23.5 Å². The van der Waals surface area contributed by atoms with Crippen LogP contribution in [0.25, 0.3) is 10.9 Å². The zero-order chi connectivity index (χ0) is 17.7. The van der Waals surface area contributed by atoms with Crippen LogP contribution in [-0.4, -0.2) is 53.6 Å². The summed E-state index contributed by atoms with van der Waals surface area (Å²) in [4.78, 5) is 2.17. The van der Waals surface area contributed by atoms with Gasteiger partial charge in [-0.1, -0.05) is 12.1 Å². The van der Waals surface area contributed by atoms with Crippen molar-refractivity contribution in [3.8, 4) is 0 Å². The van der Waals surface area contributed by atoms with Gasteiger partial charge < -0.3 is 14.2 Å². The molecule has 0 bridgehead atoms. The molecule has 0 amide bonds. The quantitative estimate of drug-likeness (QED) is 0.807. The number of likely N-dealkylation sites (N-methyl/N-ethyl adjacent to an activating group) is 1. The highest BCUT2D eigenvalue weighted by Crippen LogP contribution is 2.36. The van der Waals surface area contributed by atoms with Gasteiger partial charge in [-0.2, -0.15) is 5.10 Å². The van der Waals surface area contributed by atoms with E-state index in [4.69, 9.17) is 14.4 Å². The molecule has 0 saturated carbocycles. The van der Waals surface area contributed by atoms with Crippen LogP contribution < -0.4 is 5.46 Å². The normalized spacial score (nSPS) is 19.6. The molecule has 24 heavy (non-hydrogen) atoms. The Bertz CT molecular complexity index is 736. The molecular weight excluding hydrogens is 301 g/mol. The predicted molar refractivity (Wildman–Crippen MR) is 98.7 cm³/mol. The van der Waals surface area contributed by atoms with Gasteiger partial charge >= 0.3 is 7.12 Å². The minimum Gasteiger partial charge on any atom is -0.399 e. The van der Waals surface area contributed by atoms with Crippen molar-refractivity contribution in [2.24, 2.45) is 0 Å². The van der Waals surface area contributed by atoms with Gasteiger partial charge in [0.25, 0.3) is 0 Å². The largest absolute Gasteiger partial charge is 0.494 e. The van der Waals surface area contributed by atoms with Crippen LogP contribution in [0, 0.1) is 6.92 Å². The molecule has 0 spiro atoms. The molecule has 2 heterocycles. The second-order valence-electron chi connectivity index (χ2n) is 7.98. The Kier molecular flexibility index (Phi) is 4.27. The molecule has 130 valence electrons. The number of rotatable bonds is 4. The lowest BCUT2D eigenvalue weighted by Crippen LogP contribution is -2.41. The first kappa shape index (κ1) is 17.5. The maximum atomic E-state index is 6.18. The lowest BCUT2D eigenvalue weighted by atomic mass is 9.79. The highest BCUT2D eigenvalue weighted by molar-refractivity contribution is 6.62. The predicted octanol–water partition coefficient (Wildman–Crippen LogP) is 2.21. The Balaban J connectivity index is 1.95. The lowest BCUT2D eigenvalue weighted by Gasteiger charge is -2.32. The van der Waals surface area contributed by atoms with Crippen LogP contribution >= 0.6 is 0 Å². The molecule has 1 fully saturated rings. The Hall–Kier alpha value is -1.37. The van der Waals surface area contributed by atoms with Gasteiger partial charge in [-0.15, -0.1) is 0 Å². The first-order valence-corrected chi connectivity index (χ1v) is 8.58. The highest BCUT2D eigenvalue weighted by Gasteiger charge is 2.51. The van der Waals surface area contributed by atoms with Crippen molar-refractivity contribution < 1.29 is 9.31 Å². The molecule has 0 aliphatic carbocycles. The molecule has 0 atom stereocenters. The summed E-state index contributed by atoms with van der Waals surface area (Å²) < 4.78 is 14.5. The summed E-state index contributed by atoms with van der Waals surface area (Å²) in [6, 6.07) is 6.38. The van der Waals surface area contributed by atoms with E-state index in [0.29, 0.717) is 0 Å². The van der Waals surface area contributed by atoms with Crippen molar-refractivity contribution in [2.45, 2.75) is 52.4 Å². The molecule has 1 aliphatic rings. The second-order valence-corrected chi connectivity index (χ2v) is 7.98. The zero-order valence-electron chi connectivity index (χ0n) is 15.9. The van der Waals surface area contributed by atoms with Crippen LogP contribution in [-0.2, 0) is 15.9 Å². The van der Waals surface area contributed by atoms with E-state index in [9.17, 15) is 0 Å². The van der Waals surface area contributed by atoms with Gasteiger partial charge in [-0.05, 0) is 60.2 Å². The fourth-order valence-electron chi connectivity index (χ4n) is 2.95. The van der Waals surface area contributed by atoms with Crippen LogP contribution in [0.5, 0.6) is 0 Å². The SMILES string of the molecule is Cc1nn(CCN(C)C)c2cc(B3OC(C)(C)C(C)(C)O3)ccc12. The smallest absolute Gasteiger partial charge is 0.399 e. The van der Waals surface area contributed by atoms with E-state index in [-0.39, 0.29) is 18.3 Å². The number of hydrogen-bond donors (Lipinski definition) is 0. The molecule has 1 aromatic heterocycles. The minimum absolute atomic E-state index is 0.326. The third-order valence-corrected chi connectivity index (χ3v) is 5.24. The number of aryl methyl sites for hydroxylation is 1. The summed E-state index contributed by atoms with van der Waals surface area (Å²) in [6.45, 7) is 12.2. The van der Waals surface area contributed by atoms with Gasteiger partial charge in [0.2, 0.25) is 0 Å². The number of fused-ring (bicyclic) bond motifs is 1. The summed E-state index contributed by atoms with van der Waals surface area (Å²) in [5.41, 5.74) is 2.60. The Morgan fingerprint density at radius 2 is 1.75 bits per heavy atom. The molecule has 1 aromatic carbocycles. The number of aromatic nitrogens is 2. The number of benzene rings is 1. The van der Waals surface area contributed by atoms with Gasteiger partial charge in [-0.25, -0.2) is 0 Å². The van der Waals surface area contributed by atoms with Crippen LogP contribution in [0.3, 0.4) is 0 Å². The fourth-order valence-corrected chi connectivity index (χ4v) is 2.95. The maximum absolute atomic E-state index is 6.18. The molecule has 1 saturated heterocycles. The second kappa shape index (κ2) is 5.86. The summed E-state index contributed by atoms with van der Waals surface area (Å²) in [7, 11) is 3.82. The molecule has 2 aromatic rings. The maximum Gasteiger partial charge on any atom is 0.494 e. The van der Waals surface area contributed by atoms with Crippen molar-refractivity contribution in [1.29, 1.82) is 0 Å². The van der Waals surface area contributed by atoms with E-state index in [1.165, 1.54) is 5.39 Å². The van der Waals surface area contributed by atoms with Crippen LogP contribution in [0.15, 0.2) is 18.2 Å². The third-order valence-electron chi connectivity index (χ3n) is 5.24. The first-order chi connectivity index (χ1) is 11.1. The zero-order valence-corrected chi connectivity index (χ0v) is 15.9. The van der Waals surface area contributed by atoms with Gasteiger partial charge in [0.05, 0.1) is 29.0 Å². The average Bonchev–Trinajstić information content (AvgIpc) is 2.90. The van der Waals surface area contributed by atoms with E-state index in [1.807, 2.05) is 0 Å². The molecule has 5 nitrogen and oxygen atoms in total. The van der Waals surface area contributed by atoms with E-state index >= 15 is 0 Å². The number of hydrogen-bond acceptors (Lipinski definition) is 4. The van der Waals surface area contributed by atoms with Gasteiger partial charge in [-0.3, -0.25) is 4.68 Å². The molecule has 0 radical (unpaired) electrons. The van der Waals surface area contributed by atoms with E-state index in [1.54, 1.807) is 0 Å². The Morgan fingerprint density at radius 1 is 1.12 bits per heavy atom. The van der Waals surface area contributed by atoms with Crippen molar-refractivity contribution in [3.05, 3.63) is 23.9 Å². The summed E-state index contributed by atoms with van der Waals surface area (Å²) in [5.74, 6) is 0. The van der Waals surface area contributed by atoms with Crippen LogP contribution in [0.2, 0.25) is 0 Å². The van der Waals surface area contributed by atoms with Crippen molar-refractivity contribution in [2.75, 3.05) is 20.6 Å². The monoisotopic (exact) mass is 329 g/mol. The van der Waals surface area contributed by atoms with Gasteiger partial charge in [0, 0.05) is 11.9 Å². The van der Waals surface area contributed by atoms with Crippen LogP contribution in [0.1, 0.15) is 33.4 Å². The number of nitrogens with zero attached hydrogens (tertiary/aromatic N) is 3. The van der Waals surface area contributed by atoms with Crippen molar-refractivity contribution in [3.63, 3.8) is 0 Å². The minimum atomic E-state index is -0.336. The van der Waals surface area contributed by atoms with Crippen molar-refractivity contribution in [1.82, 2.24) is 14.7 Å². The highest BCUT2D eigenvalue weighted by atomic mass is 16.7. The summed E-state index contributed by atoms with van der Waals surface area (Å²) in [5, 5.41) is 5.88. The molecule has 0 unspecified atom stereocenters. The van der Waals surface area contributed by atoms with Gasteiger partial charge in [0.15, 0.2) is 0 Å². The van der Waals surface area contributed by atoms with Crippen LogP contribution in [0.4, 0.5) is 0 Å². The third kappa shape index (κ3) is 2.98. The molecular formula is C18H28BN3O2. The lowest BCUT2D eigenvalue weighted by molar-refractivity contribution is 0.00578. The summed E-state index contributed by atoms with van der Waals surface area (Å²) >= 11 is 0. The van der Waals surface area contributed by atoms with E-state index < -0.39 is 0 Å². The standard InChI is InChI=1S/C18H28BN3O2/c1-13-15-9-8-14(19-23-17(2,3)18(4,5)24-19)12-16(15)22(20-13)11-10-21(6)7/h8-9,12H,10-11H2,1-7H3. The average molecular weight is 329 g/mol. The first-order valence-electron chi connectivity index (χ1n) is 8.58. The van der Waals surface area contributed by atoms with E-state index in [0.717, 1.165) is 29.8 Å². The molecule has 1 aliphatic heterocycles. The van der Waals surface area contributed by atoms with E-state index in [2.05, 4.69) is 76.5 Å². The molecule has 6 heteroatoms. The Morgan fingerprint density at radius 3 is 2.33 bits per heavy atom. The summed E-state index contributed by atoms with van der Waals surface area (Å²) in [6.07, 6.45) is 0. The Labute approximate surface area is 145 Å². The molecule has 3 rings (SSSR count). The topological polar surface area (TPSA) is 39.5 Å².